The van der Waals surface area contributed by atoms with Gasteiger partial charge in [0.25, 0.3) is 0 Å². The highest BCUT2D eigenvalue weighted by atomic mass is 32.2. The Morgan fingerprint density at radius 3 is 2.26 bits per heavy atom. The molecule has 1 saturated heterocycles. The lowest BCUT2D eigenvalue weighted by Gasteiger charge is -2.30. The molecule has 7 unspecified atom stereocenters. The van der Waals surface area contributed by atoms with E-state index in [4.69, 9.17) is 19.5 Å². The van der Waals surface area contributed by atoms with E-state index in [-0.39, 0.29) is 59.6 Å². The topological polar surface area (TPSA) is 381 Å². The number of ketones is 1. The zero-order chi connectivity index (χ0) is 52.0. The third-order valence-corrected chi connectivity index (χ3v) is 14.2. The average Bonchev–Trinajstić information content (AvgIpc) is 3.84. The van der Waals surface area contributed by atoms with E-state index in [0.717, 1.165) is 86.8 Å². The Bertz CT molecular complexity index is 2260. The molecule has 25 nitrogen and oxygen atoms in total. The molecule has 0 saturated carbocycles. The van der Waals surface area contributed by atoms with Gasteiger partial charge in [0.15, 0.2) is 22.8 Å². The van der Waals surface area contributed by atoms with E-state index in [2.05, 4.69) is 77.8 Å². The van der Waals surface area contributed by atoms with Crippen molar-refractivity contribution in [2.45, 2.75) is 128 Å². The summed E-state index contributed by atoms with van der Waals surface area (Å²) < 4.78 is 62.4. The van der Waals surface area contributed by atoms with Gasteiger partial charge in [-0.25, -0.2) is 28.6 Å². The number of ether oxygens (including phenoxy) is 1. The molecule has 2 amide bonds. The fourth-order valence-electron chi connectivity index (χ4n) is 6.54. The van der Waals surface area contributed by atoms with Crippen molar-refractivity contribution in [1.29, 1.82) is 0 Å². The number of Topliss-reactive ketones (excluding diaryl/α,β-unsaturated/α-hetero) is 1. The molecule has 29 heteroatoms. The van der Waals surface area contributed by atoms with E-state index >= 15 is 0 Å². The second-order valence-corrected chi connectivity index (χ2v) is 22.0. The van der Waals surface area contributed by atoms with Gasteiger partial charge in [-0.2, -0.15) is 4.31 Å². The minimum Gasteiger partial charge on any atom is -0.386 e. The maximum Gasteiger partial charge on any atom is 0.481 e. The quantitative estimate of drug-likeness (QED) is 0.0205. The lowest BCUT2D eigenvalue weighted by Crippen LogP contribution is -2.46. The number of nitrogens with two attached hydrogens (primary N) is 1. The van der Waals surface area contributed by atoms with Gasteiger partial charge in [0.2, 0.25) is 11.8 Å². The van der Waals surface area contributed by atoms with Gasteiger partial charge in [-0.3, -0.25) is 37.3 Å². The van der Waals surface area contributed by atoms with Crippen molar-refractivity contribution in [1.82, 2.24) is 30.2 Å². The van der Waals surface area contributed by atoms with E-state index in [0.29, 0.717) is 6.42 Å². The van der Waals surface area contributed by atoms with Crippen LogP contribution in [0.15, 0.2) is 49.1 Å². The summed E-state index contributed by atoms with van der Waals surface area (Å²) in [4.78, 5) is 101. The number of nitrogen functional groups attached to an aromatic ring is 1. The maximum absolute atomic E-state index is 12.7. The first kappa shape index (κ1) is 60.8. The number of aromatic nitrogens is 4. The van der Waals surface area contributed by atoms with E-state index in [1.807, 2.05) is 0 Å². The van der Waals surface area contributed by atoms with Crippen LogP contribution in [0.4, 0.5) is 5.82 Å². The van der Waals surface area contributed by atoms with Gasteiger partial charge >= 0.3 is 23.5 Å². The molecule has 7 atom stereocenters. The van der Waals surface area contributed by atoms with E-state index < -0.39 is 84.6 Å². The van der Waals surface area contributed by atoms with Crippen molar-refractivity contribution in [2.75, 3.05) is 37.8 Å². The molecule has 3 rings (SSSR count). The molecule has 2 aromatic heterocycles. The Hall–Kier alpha value is -3.55. The Labute approximate surface area is 409 Å². The number of phosphoric acid groups is 3. The van der Waals surface area contributed by atoms with Crippen LogP contribution in [0, 0.1) is 5.41 Å². The molecular weight excluding hydrogens is 1000 g/mol. The number of aliphatic hydroxyl groups excluding tert-OH is 2. The van der Waals surface area contributed by atoms with Gasteiger partial charge in [0.1, 0.15) is 42.0 Å². The first-order valence-electron chi connectivity index (χ1n) is 22.5. The number of carbonyl (C=O) groups is 4. The van der Waals surface area contributed by atoms with Gasteiger partial charge in [0, 0.05) is 37.1 Å². The molecule has 1 aliphatic rings. The fourth-order valence-corrected chi connectivity index (χ4v) is 10.1. The minimum atomic E-state index is -5.59. The Balaban J connectivity index is 1.30. The Kier molecular flexibility index (Phi) is 25.9. The summed E-state index contributed by atoms with van der Waals surface area (Å²) in [5.41, 5.74) is 4.24. The summed E-state index contributed by atoms with van der Waals surface area (Å²) in [5.74, 6) is -1.43. The molecule has 0 aliphatic carbocycles. The highest BCUT2D eigenvalue weighted by Crippen LogP contribution is 2.61. The first-order valence-corrected chi connectivity index (χ1v) is 28.0. The number of thioether (sulfide) groups is 1. The van der Waals surface area contributed by atoms with E-state index in [1.54, 1.807) is 0 Å². The van der Waals surface area contributed by atoms with Crippen LogP contribution < -0.4 is 16.4 Å². The number of hydrogen-bond donors (Lipinski definition) is 9. The van der Waals surface area contributed by atoms with Crippen molar-refractivity contribution in [2.24, 2.45) is 5.41 Å². The van der Waals surface area contributed by atoms with Crippen LogP contribution in [0.3, 0.4) is 0 Å². The second-order valence-electron chi connectivity index (χ2n) is 16.6. The molecule has 0 aromatic carbocycles. The van der Waals surface area contributed by atoms with Crippen LogP contribution in [0.25, 0.3) is 11.2 Å². The fraction of sp³-hybridized carbons (Fsp3) is 0.634. The maximum atomic E-state index is 12.7. The summed E-state index contributed by atoms with van der Waals surface area (Å²) in [6.45, 7) is 2.43. The normalized spacial score (nSPS) is 20.0. The molecular formula is C41H66N7O18P3S. The molecule has 0 bridgehead atoms. The van der Waals surface area contributed by atoms with Gasteiger partial charge < -0.3 is 50.9 Å². The number of allylic oxidation sites excluding steroid dienone is 6. The molecule has 10 N–H and O–H groups in total. The standard InChI is InChI=1S/C41H66N7O18P3S/c1-4-5-6-7-8-9-10-11-12-13-14-15-16-17-18-19-29(49)24-32(51)70-23-22-43-31(50)20-21-44-39(54)36(53)41(2,3)26-63-69(60,61)66-68(58,59)62-25-30-35(65-67(55,56)57)34(52)40(64-30)48-28-47-33-37(42)45-27-46-38(33)48/h5-6,8-9,11-12,27-28,30,34-36,40,52-53H,4,7,10,13-26H2,1-3H3,(H,43,50)(H,44,54)(H,58,59)(H,60,61)(H2,42,45,46)(H2,55,56,57). The first-order chi connectivity index (χ1) is 32.9. The summed E-state index contributed by atoms with van der Waals surface area (Å²) in [6.07, 6.45) is 14.9. The van der Waals surface area contributed by atoms with Crippen molar-refractivity contribution in [3.8, 4) is 0 Å². The van der Waals surface area contributed by atoms with E-state index in [9.17, 15) is 62.7 Å². The number of imidazole rings is 1. The van der Waals surface area contributed by atoms with Crippen LogP contribution in [0.5, 0.6) is 0 Å². The highest BCUT2D eigenvalue weighted by molar-refractivity contribution is 8.13. The van der Waals surface area contributed by atoms with E-state index in [1.165, 1.54) is 13.8 Å². The predicted octanol–water partition coefficient (Wildman–Crippen LogP) is 4.21. The van der Waals surface area contributed by atoms with Gasteiger partial charge in [-0.1, -0.05) is 88.3 Å². The summed E-state index contributed by atoms with van der Waals surface area (Å²) in [7, 11) is -16.5. The predicted molar refractivity (Wildman–Crippen MR) is 256 cm³/mol. The van der Waals surface area contributed by atoms with Gasteiger partial charge in [-0.05, 0) is 38.5 Å². The molecule has 1 aliphatic heterocycles. The molecule has 0 spiro atoms. The molecule has 1 fully saturated rings. The zero-order valence-electron chi connectivity index (χ0n) is 39.2. The van der Waals surface area contributed by atoms with Gasteiger partial charge in [0.05, 0.1) is 26.0 Å². The third kappa shape index (κ3) is 22.5. The van der Waals surface area contributed by atoms with Gasteiger partial charge in [-0.15, -0.1) is 0 Å². The SMILES string of the molecule is CCC=CCC=CCC=CCCCCCCCC(=O)CC(=O)SCCNC(=O)CCNC(=O)C(O)C(C)(C)COP(=O)(O)OP(=O)(O)OCC1OC(n2cnc3c(N)ncnc32)C(O)C1OP(=O)(O)O. The van der Waals surface area contributed by atoms with Crippen molar-refractivity contribution < 1.29 is 85.3 Å². The van der Waals surface area contributed by atoms with Crippen LogP contribution in [-0.4, -0.2) is 128 Å². The van der Waals surface area contributed by atoms with Crippen molar-refractivity contribution in [3.05, 3.63) is 49.1 Å². The molecule has 394 valence electrons. The minimum absolute atomic E-state index is 0.0245. The smallest absolute Gasteiger partial charge is 0.386 e. The van der Waals surface area contributed by atoms with Crippen LogP contribution in [0.2, 0.25) is 0 Å². The number of nitrogens with one attached hydrogen (secondary N) is 2. The lowest BCUT2D eigenvalue weighted by atomic mass is 9.87. The summed E-state index contributed by atoms with van der Waals surface area (Å²) in [6, 6.07) is 0. The number of rotatable bonds is 34. The molecule has 0 radical (unpaired) electrons. The van der Waals surface area contributed by atoms with Crippen LogP contribution in [0.1, 0.15) is 104 Å². The summed E-state index contributed by atoms with van der Waals surface area (Å²) >= 11 is 0.928. The van der Waals surface area contributed by atoms with Crippen molar-refractivity contribution >= 4 is 74.9 Å². The number of fused-ring (bicyclic) bond motifs is 1. The second kappa shape index (κ2) is 29.8. The number of aliphatic hydroxyl groups is 2. The number of unbranched alkanes of at least 4 members (excludes halogenated alkanes) is 5. The number of amides is 2. The lowest BCUT2D eigenvalue weighted by molar-refractivity contribution is -0.137. The largest absolute Gasteiger partial charge is 0.481 e. The number of phosphoric ester groups is 3. The molecule has 70 heavy (non-hydrogen) atoms. The zero-order valence-corrected chi connectivity index (χ0v) is 42.7. The Morgan fingerprint density at radius 2 is 1.56 bits per heavy atom. The monoisotopic (exact) mass is 1070 g/mol. The number of carbonyl (C=O) groups excluding carboxylic acids is 4. The van der Waals surface area contributed by atoms with Crippen LogP contribution in [-0.2, 0) is 55.5 Å². The number of nitrogens with zero attached hydrogens (tertiary/aromatic N) is 4. The number of hydrogen-bond acceptors (Lipinski definition) is 19. The Morgan fingerprint density at radius 1 is 0.900 bits per heavy atom. The average molecular weight is 1070 g/mol. The number of anilines is 1. The molecule has 3 heterocycles. The van der Waals surface area contributed by atoms with Crippen molar-refractivity contribution in [3.63, 3.8) is 0 Å². The third-order valence-electron chi connectivity index (χ3n) is 10.2. The molecule has 2 aromatic rings. The highest BCUT2D eigenvalue weighted by Gasteiger charge is 2.50. The van der Waals surface area contributed by atoms with Crippen LogP contribution >= 0.6 is 35.2 Å². The summed E-state index contributed by atoms with van der Waals surface area (Å²) in [5, 5.41) is 26.2.